The van der Waals surface area contributed by atoms with Crippen LogP contribution >= 0.6 is 0 Å². The van der Waals surface area contributed by atoms with Crippen LogP contribution in [0.2, 0.25) is 0 Å². The predicted octanol–water partition coefficient (Wildman–Crippen LogP) is 2.86. The number of nitrogens with zero attached hydrogens (tertiary/aromatic N) is 3. The fraction of sp³-hybridized carbons (Fsp3) is 0.833. The van der Waals surface area contributed by atoms with Gasteiger partial charge < -0.3 is 10.1 Å². The van der Waals surface area contributed by atoms with E-state index in [1.54, 1.807) is 0 Å². The smallest absolute Gasteiger partial charge is 0.407 e. The first kappa shape index (κ1) is 17.2. The number of alkyl carbamates (subject to hydrolysis) is 1. The number of carbonyl (C=O) groups is 1. The van der Waals surface area contributed by atoms with Gasteiger partial charge in [-0.15, -0.1) is 5.10 Å². The number of unbranched alkanes of at least 4 members (excludes halogenated alkanes) is 3. The average molecular weight is 334 g/mol. The van der Waals surface area contributed by atoms with Crippen LogP contribution in [0.4, 0.5) is 4.79 Å². The second-order valence-electron chi connectivity index (χ2n) is 7.26. The summed E-state index contributed by atoms with van der Waals surface area (Å²) in [6.45, 7) is 3.48. The Morgan fingerprint density at radius 2 is 2.04 bits per heavy atom. The Kier molecular flexibility index (Phi) is 5.74. The third kappa shape index (κ3) is 4.08. The van der Waals surface area contributed by atoms with Gasteiger partial charge in [0.25, 0.3) is 0 Å². The van der Waals surface area contributed by atoms with E-state index in [-0.39, 0.29) is 6.09 Å². The molecule has 3 atom stereocenters. The SMILES string of the molecule is CCCCCCNC(=O)OCC1C2CCc3nnn(C)c3CCC21. The summed E-state index contributed by atoms with van der Waals surface area (Å²) in [7, 11) is 1.98. The Hall–Kier alpha value is -1.59. The van der Waals surface area contributed by atoms with Gasteiger partial charge in [-0.2, -0.15) is 0 Å². The Morgan fingerprint density at radius 1 is 1.25 bits per heavy atom. The lowest BCUT2D eigenvalue weighted by Crippen LogP contribution is -2.26. The molecule has 0 radical (unpaired) electrons. The third-order valence-corrected chi connectivity index (χ3v) is 5.67. The zero-order chi connectivity index (χ0) is 16.9. The molecule has 1 aromatic rings. The van der Waals surface area contributed by atoms with Crippen LogP contribution in [0.1, 0.15) is 56.8 Å². The lowest BCUT2D eigenvalue weighted by atomic mass is 10.0. The highest BCUT2D eigenvalue weighted by Crippen LogP contribution is 2.52. The molecule has 3 unspecified atom stereocenters. The first-order valence-electron chi connectivity index (χ1n) is 9.48. The summed E-state index contributed by atoms with van der Waals surface area (Å²) in [6, 6.07) is 0. The summed E-state index contributed by atoms with van der Waals surface area (Å²) in [4.78, 5) is 11.8. The molecule has 1 fully saturated rings. The highest BCUT2D eigenvalue weighted by atomic mass is 16.5. The maximum Gasteiger partial charge on any atom is 0.407 e. The van der Waals surface area contributed by atoms with E-state index in [4.69, 9.17) is 4.74 Å². The number of amides is 1. The van der Waals surface area contributed by atoms with Crippen LogP contribution in [-0.4, -0.2) is 34.2 Å². The van der Waals surface area contributed by atoms with E-state index in [9.17, 15) is 4.79 Å². The van der Waals surface area contributed by atoms with Crippen molar-refractivity contribution in [1.82, 2.24) is 20.3 Å². The van der Waals surface area contributed by atoms with E-state index in [2.05, 4.69) is 22.6 Å². The second kappa shape index (κ2) is 7.99. The summed E-state index contributed by atoms with van der Waals surface area (Å²) in [5.74, 6) is 1.93. The summed E-state index contributed by atoms with van der Waals surface area (Å²) in [6.07, 6.45) is 8.75. The molecule has 0 saturated heterocycles. The molecular formula is C18H30N4O2. The molecule has 1 aromatic heterocycles. The van der Waals surface area contributed by atoms with Crippen LogP contribution in [0.5, 0.6) is 0 Å². The number of rotatable bonds is 7. The van der Waals surface area contributed by atoms with E-state index in [1.807, 2.05) is 11.7 Å². The summed E-state index contributed by atoms with van der Waals surface area (Å²) in [5.41, 5.74) is 2.44. The van der Waals surface area contributed by atoms with Gasteiger partial charge in [0, 0.05) is 13.6 Å². The Balaban J connectivity index is 1.36. The van der Waals surface area contributed by atoms with Crippen molar-refractivity contribution in [3.63, 3.8) is 0 Å². The predicted molar refractivity (Wildman–Crippen MR) is 91.6 cm³/mol. The lowest BCUT2D eigenvalue weighted by molar-refractivity contribution is 0.137. The van der Waals surface area contributed by atoms with E-state index < -0.39 is 0 Å². The molecule has 1 amide bonds. The zero-order valence-corrected chi connectivity index (χ0v) is 15.0. The van der Waals surface area contributed by atoms with Crippen molar-refractivity contribution in [3.8, 4) is 0 Å². The van der Waals surface area contributed by atoms with Crippen molar-refractivity contribution in [2.24, 2.45) is 24.8 Å². The number of nitrogens with one attached hydrogen (secondary N) is 1. The van der Waals surface area contributed by atoms with Gasteiger partial charge in [0.05, 0.1) is 18.0 Å². The van der Waals surface area contributed by atoms with Gasteiger partial charge in [-0.1, -0.05) is 31.4 Å². The first-order valence-corrected chi connectivity index (χ1v) is 9.48. The van der Waals surface area contributed by atoms with Crippen LogP contribution < -0.4 is 5.32 Å². The van der Waals surface area contributed by atoms with Crippen LogP contribution in [0.25, 0.3) is 0 Å². The van der Waals surface area contributed by atoms with Crippen LogP contribution in [0.3, 0.4) is 0 Å². The van der Waals surface area contributed by atoms with Crippen molar-refractivity contribution in [2.75, 3.05) is 13.2 Å². The molecular weight excluding hydrogens is 304 g/mol. The number of fused-ring (bicyclic) bond motifs is 2. The minimum atomic E-state index is -0.250. The maximum absolute atomic E-state index is 11.8. The molecule has 134 valence electrons. The van der Waals surface area contributed by atoms with Gasteiger partial charge >= 0.3 is 6.09 Å². The number of aryl methyl sites for hydroxylation is 2. The fourth-order valence-electron chi connectivity index (χ4n) is 4.12. The molecule has 6 nitrogen and oxygen atoms in total. The van der Waals surface area contributed by atoms with Gasteiger partial charge in [-0.25, -0.2) is 4.79 Å². The normalized spacial score (nSPS) is 25.2. The van der Waals surface area contributed by atoms with E-state index in [1.165, 1.54) is 25.0 Å². The highest BCUT2D eigenvalue weighted by Gasteiger charge is 2.50. The van der Waals surface area contributed by atoms with Crippen molar-refractivity contribution >= 4 is 6.09 Å². The Bertz CT molecular complexity index is 557. The van der Waals surface area contributed by atoms with Crippen molar-refractivity contribution in [3.05, 3.63) is 11.4 Å². The number of aromatic nitrogens is 3. The lowest BCUT2D eigenvalue weighted by Gasteiger charge is -2.07. The summed E-state index contributed by atoms with van der Waals surface area (Å²) in [5, 5.41) is 11.3. The van der Waals surface area contributed by atoms with Gasteiger partial charge in [-0.3, -0.25) is 4.68 Å². The molecule has 6 heteroatoms. The topological polar surface area (TPSA) is 69.0 Å². The van der Waals surface area contributed by atoms with Gasteiger partial charge in [0.15, 0.2) is 0 Å². The number of carbonyl (C=O) groups excluding carboxylic acids is 1. The molecule has 24 heavy (non-hydrogen) atoms. The quantitative estimate of drug-likeness (QED) is 0.779. The maximum atomic E-state index is 11.8. The molecule has 3 rings (SSSR count). The van der Waals surface area contributed by atoms with Crippen molar-refractivity contribution < 1.29 is 9.53 Å². The summed E-state index contributed by atoms with van der Waals surface area (Å²) < 4.78 is 7.36. The van der Waals surface area contributed by atoms with Crippen molar-refractivity contribution in [1.29, 1.82) is 0 Å². The van der Waals surface area contributed by atoms with Crippen molar-refractivity contribution in [2.45, 2.75) is 58.3 Å². The van der Waals surface area contributed by atoms with Gasteiger partial charge in [0.1, 0.15) is 0 Å². The Morgan fingerprint density at radius 3 is 2.83 bits per heavy atom. The molecule has 0 aliphatic heterocycles. The standard InChI is InChI=1S/C18H30N4O2/c1-3-4-5-6-11-19-18(23)24-12-15-13-7-9-16-17(10-8-14(13)15)22(2)21-20-16/h13-15H,3-12H2,1-2H3,(H,19,23). The highest BCUT2D eigenvalue weighted by molar-refractivity contribution is 5.67. The molecule has 1 heterocycles. The molecule has 1 N–H and O–H groups in total. The first-order chi connectivity index (χ1) is 11.7. The number of ether oxygens (including phenoxy) is 1. The molecule has 1 saturated carbocycles. The van der Waals surface area contributed by atoms with Crippen LogP contribution in [0.15, 0.2) is 0 Å². The van der Waals surface area contributed by atoms with Gasteiger partial charge in [-0.05, 0) is 49.9 Å². The average Bonchev–Trinajstić information content (AvgIpc) is 3.09. The minimum absolute atomic E-state index is 0.250. The number of hydrogen-bond donors (Lipinski definition) is 1. The monoisotopic (exact) mass is 334 g/mol. The largest absolute Gasteiger partial charge is 0.449 e. The van der Waals surface area contributed by atoms with Crippen LogP contribution in [0, 0.1) is 17.8 Å². The van der Waals surface area contributed by atoms with E-state index in [0.717, 1.165) is 44.3 Å². The second-order valence-corrected chi connectivity index (χ2v) is 7.26. The zero-order valence-electron chi connectivity index (χ0n) is 15.0. The van der Waals surface area contributed by atoms with E-state index >= 15 is 0 Å². The molecule has 0 spiro atoms. The fourth-order valence-corrected chi connectivity index (χ4v) is 4.12. The molecule has 2 aliphatic rings. The van der Waals surface area contributed by atoms with E-state index in [0.29, 0.717) is 24.4 Å². The molecule has 0 bridgehead atoms. The molecule has 2 aliphatic carbocycles. The van der Waals surface area contributed by atoms with Crippen LogP contribution in [-0.2, 0) is 24.6 Å². The number of hydrogen-bond acceptors (Lipinski definition) is 4. The van der Waals surface area contributed by atoms with Gasteiger partial charge in [0.2, 0.25) is 0 Å². The Labute approximate surface area is 144 Å². The third-order valence-electron chi connectivity index (χ3n) is 5.67. The summed E-state index contributed by atoms with van der Waals surface area (Å²) >= 11 is 0. The minimum Gasteiger partial charge on any atom is -0.449 e. The molecule has 0 aromatic carbocycles.